The second-order valence-electron chi connectivity index (χ2n) is 3.77. The van der Waals surface area contributed by atoms with E-state index >= 15 is 0 Å². The number of hydrogen-bond donors (Lipinski definition) is 3. The van der Waals surface area contributed by atoms with Gasteiger partial charge in [-0.15, -0.1) is 0 Å². The van der Waals surface area contributed by atoms with Gasteiger partial charge in [0, 0.05) is 12.1 Å². The summed E-state index contributed by atoms with van der Waals surface area (Å²) < 4.78 is 0. The van der Waals surface area contributed by atoms with Gasteiger partial charge in [-0.25, -0.2) is 0 Å². The van der Waals surface area contributed by atoms with E-state index in [4.69, 9.17) is 11.0 Å². The molecule has 0 aliphatic heterocycles. The molecule has 0 saturated carbocycles. The second-order valence-corrected chi connectivity index (χ2v) is 3.77. The van der Waals surface area contributed by atoms with Crippen molar-refractivity contribution in [2.24, 2.45) is 5.73 Å². The van der Waals surface area contributed by atoms with Crippen molar-refractivity contribution in [2.75, 3.05) is 6.54 Å². The number of hydrogen-bond acceptors (Lipinski definition) is 6. The van der Waals surface area contributed by atoms with Gasteiger partial charge >= 0.3 is 0 Å². The summed E-state index contributed by atoms with van der Waals surface area (Å²) >= 11 is 0. The van der Waals surface area contributed by atoms with Gasteiger partial charge < -0.3 is 15.9 Å². The number of aliphatic hydroxyl groups excluding tert-OH is 2. The zero-order chi connectivity index (χ0) is 13.7. The molecule has 0 heterocycles. The van der Waals surface area contributed by atoms with Crippen LogP contribution in [-0.4, -0.2) is 27.8 Å². The lowest BCUT2D eigenvalue weighted by Crippen LogP contribution is -2.21. The molecule has 0 spiro atoms. The Morgan fingerprint density at radius 1 is 1.44 bits per heavy atom. The molecule has 0 amide bonds. The van der Waals surface area contributed by atoms with Crippen molar-refractivity contribution in [1.29, 1.82) is 5.26 Å². The van der Waals surface area contributed by atoms with Crippen LogP contribution in [0.5, 0.6) is 0 Å². The maximum atomic E-state index is 10.7. The molecule has 1 aromatic carbocycles. The summed E-state index contributed by atoms with van der Waals surface area (Å²) in [5.74, 6) is 0. The third-order valence-electron chi connectivity index (χ3n) is 2.45. The quantitative estimate of drug-likeness (QED) is 0.506. The normalized spacial score (nSPS) is 13.7. The Bertz CT molecular complexity index is 484. The predicted octanol–water partition coefficient (Wildman–Crippen LogP) is 0.210. The van der Waals surface area contributed by atoms with E-state index < -0.39 is 17.1 Å². The first kappa shape index (κ1) is 14.1. The van der Waals surface area contributed by atoms with Crippen molar-refractivity contribution in [3.63, 3.8) is 0 Å². The fourth-order valence-electron chi connectivity index (χ4n) is 1.53. The smallest absolute Gasteiger partial charge is 0.271 e. The minimum Gasteiger partial charge on any atom is -0.390 e. The molecule has 0 fully saturated rings. The Morgan fingerprint density at radius 2 is 2.11 bits per heavy atom. The molecule has 1 aromatic rings. The number of nitrogens with zero attached hydrogens (tertiary/aromatic N) is 2. The van der Waals surface area contributed by atoms with Crippen LogP contribution in [-0.2, 0) is 0 Å². The highest BCUT2D eigenvalue weighted by Crippen LogP contribution is 2.24. The average molecular weight is 251 g/mol. The Labute approximate surface area is 103 Å². The van der Waals surface area contributed by atoms with Crippen LogP contribution in [0.4, 0.5) is 5.69 Å². The molecule has 18 heavy (non-hydrogen) atoms. The molecule has 2 unspecified atom stereocenters. The number of aliphatic hydroxyl groups is 2. The summed E-state index contributed by atoms with van der Waals surface area (Å²) in [6.07, 6.45) is -2.27. The summed E-state index contributed by atoms with van der Waals surface area (Å²) in [4.78, 5) is 10.0. The van der Waals surface area contributed by atoms with E-state index in [9.17, 15) is 20.3 Å². The lowest BCUT2D eigenvalue weighted by molar-refractivity contribution is -0.385. The van der Waals surface area contributed by atoms with Crippen molar-refractivity contribution in [3.8, 4) is 6.07 Å². The van der Waals surface area contributed by atoms with E-state index in [0.29, 0.717) is 0 Å². The van der Waals surface area contributed by atoms with Crippen LogP contribution in [0.1, 0.15) is 23.7 Å². The van der Waals surface area contributed by atoms with Crippen molar-refractivity contribution >= 4 is 5.69 Å². The summed E-state index contributed by atoms with van der Waals surface area (Å²) in [7, 11) is 0. The molecule has 96 valence electrons. The highest BCUT2D eigenvalue weighted by Gasteiger charge is 2.21. The van der Waals surface area contributed by atoms with Crippen molar-refractivity contribution < 1.29 is 15.1 Å². The number of nitrogens with two attached hydrogens (primary N) is 1. The Morgan fingerprint density at radius 3 is 2.61 bits per heavy atom. The van der Waals surface area contributed by atoms with Gasteiger partial charge in [-0.3, -0.25) is 10.1 Å². The van der Waals surface area contributed by atoms with Gasteiger partial charge in [-0.05, 0) is 24.6 Å². The third kappa shape index (κ3) is 3.24. The standard InChI is InChI=1S/C11H13N3O4/c12-2-1-10(15)11(16)8-3-7(6-13)4-9(5-8)14(17)18/h3-5,10-11,15-16H,1-2,12H2. The largest absolute Gasteiger partial charge is 0.390 e. The lowest BCUT2D eigenvalue weighted by atomic mass is 9.99. The fourth-order valence-corrected chi connectivity index (χ4v) is 1.53. The van der Waals surface area contributed by atoms with Crippen LogP contribution >= 0.6 is 0 Å². The minimum atomic E-state index is -1.31. The van der Waals surface area contributed by atoms with E-state index in [1.807, 2.05) is 0 Å². The maximum Gasteiger partial charge on any atom is 0.271 e. The fraction of sp³-hybridized carbons (Fsp3) is 0.364. The molecule has 0 radical (unpaired) electrons. The van der Waals surface area contributed by atoms with Gasteiger partial charge in [-0.1, -0.05) is 0 Å². The monoisotopic (exact) mass is 251 g/mol. The van der Waals surface area contributed by atoms with Gasteiger partial charge in [0.25, 0.3) is 5.69 Å². The van der Waals surface area contributed by atoms with E-state index in [2.05, 4.69) is 0 Å². The van der Waals surface area contributed by atoms with Crippen molar-refractivity contribution in [3.05, 3.63) is 39.4 Å². The molecule has 0 aliphatic rings. The average Bonchev–Trinajstić information content (AvgIpc) is 2.37. The Balaban J connectivity index is 3.12. The van der Waals surface area contributed by atoms with Crippen molar-refractivity contribution in [1.82, 2.24) is 0 Å². The first-order valence-electron chi connectivity index (χ1n) is 5.25. The molecule has 0 aromatic heterocycles. The molecule has 7 heteroatoms. The third-order valence-corrected chi connectivity index (χ3v) is 2.45. The van der Waals surface area contributed by atoms with Crippen LogP contribution in [0, 0.1) is 21.4 Å². The minimum absolute atomic E-state index is 0.0539. The highest BCUT2D eigenvalue weighted by atomic mass is 16.6. The van der Waals surface area contributed by atoms with Crippen LogP contribution < -0.4 is 5.73 Å². The molecule has 7 nitrogen and oxygen atoms in total. The first-order chi connectivity index (χ1) is 8.49. The Hall–Kier alpha value is -2.01. The van der Waals surface area contributed by atoms with E-state index in [1.54, 1.807) is 6.07 Å². The van der Waals surface area contributed by atoms with Gasteiger partial charge in [0.2, 0.25) is 0 Å². The topological polar surface area (TPSA) is 133 Å². The number of non-ortho nitro benzene ring substituents is 1. The van der Waals surface area contributed by atoms with E-state index in [-0.39, 0.29) is 29.8 Å². The van der Waals surface area contributed by atoms with Crippen molar-refractivity contribution in [2.45, 2.75) is 18.6 Å². The zero-order valence-electron chi connectivity index (χ0n) is 9.48. The molecule has 0 aliphatic carbocycles. The number of benzene rings is 1. The number of nitro benzene ring substituents is 1. The van der Waals surface area contributed by atoms with Crippen LogP contribution in [0.15, 0.2) is 18.2 Å². The Kier molecular flexibility index (Phi) is 4.74. The molecule has 2 atom stereocenters. The number of rotatable bonds is 5. The van der Waals surface area contributed by atoms with Gasteiger partial charge in [0.1, 0.15) is 6.10 Å². The summed E-state index contributed by atoms with van der Waals surface area (Å²) in [5, 5.41) is 38.8. The summed E-state index contributed by atoms with van der Waals surface area (Å²) in [5.41, 5.74) is 5.13. The van der Waals surface area contributed by atoms with Gasteiger partial charge in [-0.2, -0.15) is 5.26 Å². The maximum absolute atomic E-state index is 10.7. The van der Waals surface area contributed by atoms with Crippen LogP contribution in [0.25, 0.3) is 0 Å². The number of nitro groups is 1. The molecule has 1 rings (SSSR count). The SMILES string of the molecule is N#Cc1cc(C(O)C(O)CCN)cc([N+](=O)[O-])c1. The molecular formula is C11H13N3O4. The molecule has 4 N–H and O–H groups in total. The van der Waals surface area contributed by atoms with E-state index in [1.165, 1.54) is 6.07 Å². The first-order valence-corrected chi connectivity index (χ1v) is 5.25. The van der Waals surface area contributed by atoms with Crippen LogP contribution in [0.2, 0.25) is 0 Å². The summed E-state index contributed by atoms with van der Waals surface area (Å²) in [6.45, 7) is 0.179. The highest BCUT2D eigenvalue weighted by molar-refractivity contribution is 5.45. The number of nitriles is 1. The van der Waals surface area contributed by atoms with Gasteiger partial charge in [0.15, 0.2) is 0 Å². The molecular weight excluding hydrogens is 238 g/mol. The van der Waals surface area contributed by atoms with Crippen LogP contribution in [0.3, 0.4) is 0 Å². The molecule has 0 bridgehead atoms. The van der Waals surface area contributed by atoms with E-state index in [0.717, 1.165) is 12.1 Å². The predicted molar refractivity (Wildman–Crippen MR) is 62.4 cm³/mol. The molecule has 0 saturated heterocycles. The second kappa shape index (κ2) is 6.07. The van der Waals surface area contributed by atoms with Gasteiger partial charge in [0.05, 0.1) is 22.7 Å². The lowest BCUT2D eigenvalue weighted by Gasteiger charge is -2.17. The zero-order valence-corrected chi connectivity index (χ0v) is 9.48. The summed E-state index contributed by atoms with van der Waals surface area (Å²) in [6, 6.07) is 5.30.